The highest BCUT2D eigenvalue weighted by Gasteiger charge is 2.23. The molecule has 1 aliphatic rings. The molecule has 1 saturated heterocycles. The van der Waals surface area contributed by atoms with Crippen molar-refractivity contribution in [3.8, 4) is 0 Å². The molecule has 0 radical (unpaired) electrons. The molecule has 7 heteroatoms. The minimum atomic E-state index is -0.452. The fraction of sp³-hybridized carbons (Fsp3) is 0.462. The van der Waals surface area contributed by atoms with E-state index < -0.39 is 4.92 Å². The molecule has 0 saturated carbocycles. The third kappa shape index (κ3) is 3.46. The number of halogens is 1. The van der Waals surface area contributed by atoms with Crippen molar-refractivity contribution in [3.05, 3.63) is 39.4 Å². The smallest absolute Gasteiger partial charge is 0.273 e. The molecule has 20 heavy (non-hydrogen) atoms. The molecule has 1 heterocycles. The van der Waals surface area contributed by atoms with Crippen LogP contribution in [0.5, 0.6) is 0 Å². The van der Waals surface area contributed by atoms with E-state index in [9.17, 15) is 14.9 Å². The molecule has 0 aliphatic carbocycles. The maximum absolute atomic E-state index is 12.3. The standard InChI is InChI=1S/C13H17N3O3.ClH/c1-9-3-4-11(7-12(9)16(18)19)13(17)15-6-5-14-10(2)8-15;/h3-4,7,10,14H,5-6,8H2,1-2H3;1H/t10-;/m1./s1. The van der Waals surface area contributed by atoms with E-state index in [1.54, 1.807) is 24.0 Å². The lowest BCUT2D eigenvalue weighted by atomic mass is 10.1. The summed E-state index contributed by atoms with van der Waals surface area (Å²) >= 11 is 0. The predicted octanol–water partition coefficient (Wildman–Crippen LogP) is 1.76. The number of nitrogens with zero attached hydrogens (tertiary/aromatic N) is 2. The number of amides is 1. The lowest BCUT2D eigenvalue weighted by molar-refractivity contribution is -0.385. The minimum absolute atomic E-state index is 0. The van der Waals surface area contributed by atoms with Crippen LogP contribution in [0.2, 0.25) is 0 Å². The fourth-order valence-electron chi connectivity index (χ4n) is 2.24. The summed E-state index contributed by atoms with van der Waals surface area (Å²) in [4.78, 5) is 24.5. The van der Waals surface area contributed by atoms with E-state index in [0.29, 0.717) is 24.2 Å². The Bertz CT molecular complexity index is 522. The molecule has 1 N–H and O–H groups in total. The van der Waals surface area contributed by atoms with Crippen molar-refractivity contribution in [2.75, 3.05) is 19.6 Å². The maximum Gasteiger partial charge on any atom is 0.273 e. The third-order valence-corrected chi connectivity index (χ3v) is 3.31. The van der Waals surface area contributed by atoms with E-state index in [1.807, 2.05) is 6.92 Å². The molecule has 0 aromatic heterocycles. The first kappa shape index (κ1) is 16.4. The number of hydrogen-bond donors (Lipinski definition) is 1. The topological polar surface area (TPSA) is 75.5 Å². The number of nitro groups is 1. The van der Waals surface area contributed by atoms with Crippen molar-refractivity contribution in [3.63, 3.8) is 0 Å². The summed E-state index contributed by atoms with van der Waals surface area (Å²) in [6.07, 6.45) is 0. The van der Waals surface area contributed by atoms with Crippen molar-refractivity contribution >= 4 is 24.0 Å². The molecule has 0 unspecified atom stereocenters. The number of aryl methyl sites for hydroxylation is 1. The van der Waals surface area contributed by atoms with Gasteiger partial charge in [-0.1, -0.05) is 6.07 Å². The fourth-order valence-corrected chi connectivity index (χ4v) is 2.24. The molecule has 1 fully saturated rings. The second-order valence-corrected chi connectivity index (χ2v) is 4.86. The summed E-state index contributed by atoms with van der Waals surface area (Å²) in [5, 5.41) is 14.2. The van der Waals surface area contributed by atoms with Crippen LogP contribution in [0.25, 0.3) is 0 Å². The Hall–Kier alpha value is -1.66. The van der Waals surface area contributed by atoms with E-state index in [-0.39, 0.29) is 30.0 Å². The minimum Gasteiger partial charge on any atom is -0.336 e. The van der Waals surface area contributed by atoms with E-state index in [4.69, 9.17) is 0 Å². The van der Waals surface area contributed by atoms with Crippen molar-refractivity contribution < 1.29 is 9.72 Å². The number of rotatable bonds is 2. The summed E-state index contributed by atoms with van der Waals surface area (Å²) in [6.45, 7) is 5.68. The van der Waals surface area contributed by atoms with Crippen molar-refractivity contribution in [2.24, 2.45) is 0 Å². The average molecular weight is 300 g/mol. The van der Waals surface area contributed by atoms with Gasteiger partial charge < -0.3 is 10.2 Å². The van der Waals surface area contributed by atoms with Gasteiger partial charge in [0.25, 0.3) is 11.6 Å². The van der Waals surface area contributed by atoms with Crippen LogP contribution < -0.4 is 5.32 Å². The summed E-state index contributed by atoms with van der Waals surface area (Å²) < 4.78 is 0. The number of nitrogens with one attached hydrogen (secondary N) is 1. The number of nitro benzene ring substituents is 1. The van der Waals surface area contributed by atoms with Crippen LogP contribution in [0.15, 0.2) is 18.2 Å². The van der Waals surface area contributed by atoms with E-state index >= 15 is 0 Å². The second-order valence-electron chi connectivity index (χ2n) is 4.86. The molecule has 1 aromatic rings. The first-order valence-corrected chi connectivity index (χ1v) is 6.26. The number of piperazine rings is 1. The van der Waals surface area contributed by atoms with Crippen LogP contribution in [0.3, 0.4) is 0 Å². The molecular formula is C13H18ClN3O3. The molecular weight excluding hydrogens is 282 g/mol. The molecule has 0 bridgehead atoms. The Labute approximate surface area is 123 Å². The summed E-state index contributed by atoms with van der Waals surface area (Å²) in [5.74, 6) is -0.142. The first-order valence-electron chi connectivity index (χ1n) is 6.26. The highest BCUT2D eigenvalue weighted by molar-refractivity contribution is 5.95. The number of carbonyl (C=O) groups excluding carboxylic acids is 1. The Morgan fingerprint density at radius 2 is 2.20 bits per heavy atom. The van der Waals surface area contributed by atoms with Gasteiger partial charge in [-0.15, -0.1) is 12.4 Å². The van der Waals surface area contributed by atoms with Gasteiger partial charge in [-0.25, -0.2) is 0 Å². The van der Waals surface area contributed by atoms with Crippen LogP contribution in [-0.4, -0.2) is 41.4 Å². The first-order chi connectivity index (χ1) is 8.99. The highest BCUT2D eigenvalue weighted by Crippen LogP contribution is 2.20. The van der Waals surface area contributed by atoms with Crippen LogP contribution in [0, 0.1) is 17.0 Å². The van der Waals surface area contributed by atoms with Crippen molar-refractivity contribution in [2.45, 2.75) is 19.9 Å². The Morgan fingerprint density at radius 1 is 1.50 bits per heavy atom. The molecule has 1 atom stereocenters. The zero-order valence-corrected chi connectivity index (χ0v) is 12.3. The number of benzene rings is 1. The largest absolute Gasteiger partial charge is 0.336 e. The molecule has 1 aromatic carbocycles. The summed E-state index contributed by atoms with van der Waals surface area (Å²) in [7, 11) is 0. The van der Waals surface area contributed by atoms with Gasteiger partial charge in [-0.2, -0.15) is 0 Å². The van der Waals surface area contributed by atoms with Crippen molar-refractivity contribution in [1.29, 1.82) is 0 Å². The Balaban J connectivity index is 0.00000200. The lowest BCUT2D eigenvalue weighted by Crippen LogP contribution is -2.51. The van der Waals surface area contributed by atoms with Gasteiger partial charge in [0, 0.05) is 42.9 Å². The zero-order valence-electron chi connectivity index (χ0n) is 11.5. The van der Waals surface area contributed by atoms with Crippen LogP contribution in [0.1, 0.15) is 22.8 Å². The van der Waals surface area contributed by atoms with Gasteiger partial charge >= 0.3 is 0 Å². The third-order valence-electron chi connectivity index (χ3n) is 3.31. The predicted molar refractivity (Wildman–Crippen MR) is 78.4 cm³/mol. The Kier molecular flexibility index (Phi) is 5.47. The zero-order chi connectivity index (χ0) is 14.0. The number of carbonyl (C=O) groups is 1. The van der Waals surface area contributed by atoms with Crippen LogP contribution in [-0.2, 0) is 0 Å². The quantitative estimate of drug-likeness (QED) is 0.667. The van der Waals surface area contributed by atoms with Gasteiger partial charge in [0.05, 0.1) is 4.92 Å². The monoisotopic (exact) mass is 299 g/mol. The second kappa shape index (κ2) is 6.67. The SMILES string of the molecule is Cc1ccc(C(=O)N2CCN[C@H](C)C2)cc1[N+](=O)[O-].Cl. The van der Waals surface area contributed by atoms with Crippen LogP contribution >= 0.6 is 12.4 Å². The molecule has 1 aliphatic heterocycles. The molecule has 0 spiro atoms. The molecule has 6 nitrogen and oxygen atoms in total. The maximum atomic E-state index is 12.3. The van der Waals surface area contributed by atoms with E-state index in [2.05, 4.69) is 5.32 Å². The number of hydrogen-bond acceptors (Lipinski definition) is 4. The van der Waals surface area contributed by atoms with Gasteiger partial charge in [0.15, 0.2) is 0 Å². The van der Waals surface area contributed by atoms with Crippen LogP contribution in [0.4, 0.5) is 5.69 Å². The molecule has 1 amide bonds. The van der Waals surface area contributed by atoms with Gasteiger partial charge in [-0.05, 0) is 19.9 Å². The van der Waals surface area contributed by atoms with E-state index in [1.165, 1.54) is 6.07 Å². The highest BCUT2D eigenvalue weighted by atomic mass is 35.5. The van der Waals surface area contributed by atoms with Gasteiger partial charge in [0.2, 0.25) is 0 Å². The van der Waals surface area contributed by atoms with Gasteiger partial charge in [0.1, 0.15) is 0 Å². The van der Waals surface area contributed by atoms with E-state index in [0.717, 1.165) is 6.54 Å². The Morgan fingerprint density at radius 3 is 2.80 bits per heavy atom. The molecule has 110 valence electrons. The molecule has 2 rings (SSSR count). The lowest BCUT2D eigenvalue weighted by Gasteiger charge is -2.31. The van der Waals surface area contributed by atoms with Crippen molar-refractivity contribution in [1.82, 2.24) is 10.2 Å². The summed E-state index contributed by atoms with van der Waals surface area (Å²) in [6, 6.07) is 4.89. The average Bonchev–Trinajstić information content (AvgIpc) is 2.38. The van der Waals surface area contributed by atoms with Gasteiger partial charge in [-0.3, -0.25) is 14.9 Å². The summed E-state index contributed by atoms with van der Waals surface area (Å²) in [5.41, 5.74) is 0.940. The normalized spacial score (nSPS) is 18.3.